The molecule has 1 aromatic rings. The number of aryl methyl sites for hydroxylation is 1. The van der Waals surface area contributed by atoms with Crippen molar-refractivity contribution >= 4 is 11.6 Å². The highest BCUT2D eigenvalue weighted by Gasteiger charge is 2.17. The standard InChI is InChI=1S/C16H24N2O/c1-2-6-14-8-3-4-9-15(14)18-16(19)11-13-7-5-10-17-12-13/h3-4,8-9,13,17H,2,5-7,10-12H2,1H3,(H,18,19). The summed E-state index contributed by atoms with van der Waals surface area (Å²) in [6, 6.07) is 8.12. The molecule has 19 heavy (non-hydrogen) atoms. The maximum Gasteiger partial charge on any atom is 0.224 e. The summed E-state index contributed by atoms with van der Waals surface area (Å²) in [5, 5.41) is 6.43. The second-order valence-electron chi connectivity index (χ2n) is 5.37. The summed E-state index contributed by atoms with van der Waals surface area (Å²) < 4.78 is 0. The van der Waals surface area contributed by atoms with Crippen LogP contribution in [0.25, 0.3) is 0 Å². The normalized spacial score (nSPS) is 19.1. The molecule has 2 N–H and O–H groups in total. The SMILES string of the molecule is CCCc1ccccc1NC(=O)CC1CCCNC1. The van der Waals surface area contributed by atoms with Crippen LogP contribution in [0.5, 0.6) is 0 Å². The van der Waals surface area contributed by atoms with Gasteiger partial charge in [0.05, 0.1) is 0 Å². The molecule has 0 spiro atoms. The van der Waals surface area contributed by atoms with Crippen LogP contribution in [0.2, 0.25) is 0 Å². The van der Waals surface area contributed by atoms with Crippen LogP contribution in [-0.2, 0) is 11.2 Å². The van der Waals surface area contributed by atoms with Crippen molar-refractivity contribution in [2.45, 2.75) is 39.0 Å². The Kier molecular flexibility index (Phi) is 5.40. The van der Waals surface area contributed by atoms with Crippen LogP contribution < -0.4 is 10.6 Å². The van der Waals surface area contributed by atoms with Gasteiger partial charge in [-0.1, -0.05) is 31.5 Å². The van der Waals surface area contributed by atoms with E-state index < -0.39 is 0 Å². The van der Waals surface area contributed by atoms with Crippen LogP contribution in [0, 0.1) is 5.92 Å². The molecule has 1 saturated heterocycles. The minimum Gasteiger partial charge on any atom is -0.326 e. The summed E-state index contributed by atoms with van der Waals surface area (Å²) in [5.74, 6) is 0.643. The lowest BCUT2D eigenvalue weighted by molar-refractivity contribution is -0.117. The van der Waals surface area contributed by atoms with E-state index in [1.807, 2.05) is 18.2 Å². The number of hydrogen-bond acceptors (Lipinski definition) is 2. The van der Waals surface area contributed by atoms with Gasteiger partial charge in [0.25, 0.3) is 0 Å². The number of anilines is 1. The first-order valence-electron chi connectivity index (χ1n) is 7.38. The zero-order valence-corrected chi connectivity index (χ0v) is 11.7. The van der Waals surface area contributed by atoms with Gasteiger partial charge in [-0.15, -0.1) is 0 Å². The van der Waals surface area contributed by atoms with E-state index >= 15 is 0 Å². The van der Waals surface area contributed by atoms with E-state index in [2.05, 4.69) is 23.6 Å². The third kappa shape index (κ3) is 4.35. The largest absolute Gasteiger partial charge is 0.326 e. The number of para-hydroxylation sites is 1. The molecule has 0 saturated carbocycles. The lowest BCUT2D eigenvalue weighted by Crippen LogP contribution is -2.32. The fraction of sp³-hybridized carbons (Fsp3) is 0.562. The van der Waals surface area contributed by atoms with Gasteiger partial charge >= 0.3 is 0 Å². The smallest absolute Gasteiger partial charge is 0.224 e. The monoisotopic (exact) mass is 260 g/mol. The van der Waals surface area contributed by atoms with Crippen molar-refractivity contribution in [3.05, 3.63) is 29.8 Å². The van der Waals surface area contributed by atoms with Crippen LogP contribution in [0.1, 0.15) is 38.2 Å². The molecular weight excluding hydrogens is 236 g/mol. The van der Waals surface area contributed by atoms with Gasteiger partial charge in [0.15, 0.2) is 0 Å². The number of piperidine rings is 1. The third-order valence-corrected chi connectivity index (χ3v) is 3.68. The van der Waals surface area contributed by atoms with Gasteiger partial charge < -0.3 is 10.6 Å². The van der Waals surface area contributed by atoms with Gasteiger partial charge in [-0.2, -0.15) is 0 Å². The average Bonchev–Trinajstić information content (AvgIpc) is 2.42. The number of benzene rings is 1. The molecule has 1 aliphatic rings. The number of carbonyl (C=O) groups is 1. The number of carbonyl (C=O) groups excluding carboxylic acids is 1. The van der Waals surface area contributed by atoms with Gasteiger partial charge in [-0.3, -0.25) is 4.79 Å². The van der Waals surface area contributed by atoms with Crippen LogP contribution in [0.15, 0.2) is 24.3 Å². The van der Waals surface area contributed by atoms with E-state index in [1.165, 1.54) is 12.0 Å². The zero-order valence-electron chi connectivity index (χ0n) is 11.7. The molecule has 1 unspecified atom stereocenters. The summed E-state index contributed by atoms with van der Waals surface area (Å²) in [4.78, 5) is 12.1. The van der Waals surface area contributed by atoms with Crippen molar-refractivity contribution in [3.8, 4) is 0 Å². The second kappa shape index (κ2) is 7.29. The van der Waals surface area contributed by atoms with Gasteiger partial charge in [-0.25, -0.2) is 0 Å². The number of nitrogens with one attached hydrogen (secondary N) is 2. The topological polar surface area (TPSA) is 41.1 Å². The summed E-state index contributed by atoms with van der Waals surface area (Å²) in [5.41, 5.74) is 2.22. The Morgan fingerprint density at radius 2 is 2.26 bits per heavy atom. The quantitative estimate of drug-likeness (QED) is 0.854. The lowest BCUT2D eigenvalue weighted by Gasteiger charge is -2.22. The van der Waals surface area contributed by atoms with Gasteiger partial charge in [-0.05, 0) is 49.9 Å². The van der Waals surface area contributed by atoms with E-state index in [0.29, 0.717) is 12.3 Å². The molecular formula is C16H24N2O. The van der Waals surface area contributed by atoms with Crippen LogP contribution in [0.4, 0.5) is 5.69 Å². The Bertz CT molecular complexity index is 411. The lowest BCUT2D eigenvalue weighted by atomic mass is 9.96. The van der Waals surface area contributed by atoms with Crippen molar-refractivity contribution in [2.75, 3.05) is 18.4 Å². The minimum absolute atomic E-state index is 0.150. The molecule has 0 aromatic heterocycles. The highest BCUT2D eigenvalue weighted by molar-refractivity contribution is 5.91. The molecule has 104 valence electrons. The Balaban J connectivity index is 1.90. The molecule has 0 bridgehead atoms. The summed E-state index contributed by atoms with van der Waals surface area (Å²) in [6.07, 6.45) is 5.09. The fourth-order valence-corrected chi connectivity index (χ4v) is 2.69. The van der Waals surface area contributed by atoms with E-state index in [4.69, 9.17) is 0 Å². The van der Waals surface area contributed by atoms with Crippen molar-refractivity contribution in [3.63, 3.8) is 0 Å². The number of rotatable bonds is 5. The first-order valence-corrected chi connectivity index (χ1v) is 7.38. The van der Waals surface area contributed by atoms with Gasteiger partial charge in [0.1, 0.15) is 0 Å². The summed E-state index contributed by atoms with van der Waals surface area (Å²) in [6.45, 7) is 4.23. The molecule has 1 amide bonds. The second-order valence-corrected chi connectivity index (χ2v) is 5.37. The summed E-state index contributed by atoms with van der Waals surface area (Å²) >= 11 is 0. The Morgan fingerprint density at radius 3 is 3.00 bits per heavy atom. The molecule has 0 aliphatic carbocycles. The van der Waals surface area contributed by atoms with E-state index in [1.54, 1.807) is 0 Å². The van der Waals surface area contributed by atoms with Gasteiger partial charge in [0.2, 0.25) is 5.91 Å². The maximum atomic E-state index is 12.1. The molecule has 1 heterocycles. The third-order valence-electron chi connectivity index (χ3n) is 3.68. The van der Waals surface area contributed by atoms with Crippen molar-refractivity contribution in [1.29, 1.82) is 0 Å². The minimum atomic E-state index is 0.150. The van der Waals surface area contributed by atoms with Crippen LogP contribution in [-0.4, -0.2) is 19.0 Å². The van der Waals surface area contributed by atoms with Crippen molar-refractivity contribution in [1.82, 2.24) is 5.32 Å². The molecule has 1 aromatic carbocycles. The van der Waals surface area contributed by atoms with E-state index in [-0.39, 0.29) is 5.91 Å². The van der Waals surface area contributed by atoms with Crippen molar-refractivity contribution < 1.29 is 4.79 Å². The summed E-state index contributed by atoms with van der Waals surface area (Å²) in [7, 11) is 0. The number of hydrogen-bond donors (Lipinski definition) is 2. The molecule has 1 aliphatic heterocycles. The van der Waals surface area contributed by atoms with E-state index in [9.17, 15) is 4.79 Å². The maximum absolute atomic E-state index is 12.1. The molecule has 0 radical (unpaired) electrons. The fourth-order valence-electron chi connectivity index (χ4n) is 2.69. The highest BCUT2D eigenvalue weighted by Crippen LogP contribution is 2.19. The first kappa shape index (κ1) is 14.1. The van der Waals surface area contributed by atoms with Crippen LogP contribution in [0.3, 0.4) is 0 Å². The Labute approximate surface area is 115 Å². The predicted octanol–water partition coefficient (Wildman–Crippen LogP) is 2.97. The molecule has 1 fully saturated rings. The molecule has 3 heteroatoms. The van der Waals surface area contributed by atoms with Crippen molar-refractivity contribution in [2.24, 2.45) is 5.92 Å². The predicted molar refractivity (Wildman–Crippen MR) is 79.3 cm³/mol. The number of amides is 1. The molecule has 2 rings (SSSR count). The Hall–Kier alpha value is -1.35. The highest BCUT2D eigenvalue weighted by atomic mass is 16.1. The zero-order chi connectivity index (χ0) is 13.5. The van der Waals surface area contributed by atoms with Gasteiger partial charge in [0, 0.05) is 12.1 Å². The average molecular weight is 260 g/mol. The Morgan fingerprint density at radius 1 is 1.42 bits per heavy atom. The molecule has 3 nitrogen and oxygen atoms in total. The molecule has 1 atom stereocenters. The first-order chi connectivity index (χ1) is 9.29. The van der Waals surface area contributed by atoms with Crippen LogP contribution >= 0.6 is 0 Å². The van der Waals surface area contributed by atoms with E-state index in [0.717, 1.165) is 38.0 Å².